The molecule has 0 spiro atoms. The first-order chi connectivity index (χ1) is 17.8. The number of carbonyl (C=O) groups excluding carboxylic acids is 2. The van der Waals surface area contributed by atoms with Gasteiger partial charge < -0.3 is 15.0 Å². The third-order valence-corrected chi connectivity index (χ3v) is 6.59. The largest absolute Gasteiger partial charge is 0.442 e. The number of ether oxygens (including phenoxy) is 1. The van der Waals surface area contributed by atoms with E-state index in [9.17, 15) is 19.7 Å². The minimum absolute atomic E-state index is 0.0297. The quantitative estimate of drug-likeness (QED) is 0.383. The van der Waals surface area contributed by atoms with Crippen LogP contribution in [0, 0.1) is 15.9 Å². The molecule has 2 fully saturated rings. The van der Waals surface area contributed by atoms with Crippen LogP contribution in [0.4, 0.5) is 26.2 Å². The summed E-state index contributed by atoms with van der Waals surface area (Å²) in [6.45, 7) is 3.00. The van der Waals surface area contributed by atoms with Crippen molar-refractivity contribution in [2.45, 2.75) is 25.5 Å². The van der Waals surface area contributed by atoms with Crippen molar-refractivity contribution in [3.63, 3.8) is 0 Å². The van der Waals surface area contributed by atoms with Gasteiger partial charge in [-0.05, 0) is 42.3 Å². The van der Waals surface area contributed by atoms with Crippen LogP contribution >= 0.6 is 0 Å². The van der Waals surface area contributed by atoms with Crippen molar-refractivity contribution in [2.75, 3.05) is 36.0 Å². The number of benzene rings is 2. The second-order valence-corrected chi connectivity index (χ2v) is 9.09. The molecular formula is C25H25FN6O5. The summed E-state index contributed by atoms with van der Waals surface area (Å²) in [5.41, 5.74) is 2.54. The van der Waals surface area contributed by atoms with Gasteiger partial charge in [0.1, 0.15) is 11.9 Å². The second kappa shape index (κ2) is 9.88. The molecule has 2 atom stereocenters. The molecule has 0 aliphatic carbocycles. The summed E-state index contributed by atoms with van der Waals surface area (Å²) < 4.78 is 22.2. The number of anilines is 2. The summed E-state index contributed by atoms with van der Waals surface area (Å²) >= 11 is 0. The van der Waals surface area contributed by atoms with E-state index in [2.05, 4.69) is 10.4 Å². The number of aromatic nitrogens is 2. The molecule has 0 bridgehead atoms. The number of hydrogen-bond acceptors (Lipinski definition) is 7. The van der Waals surface area contributed by atoms with Crippen molar-refractivity contribution in [3.8, 4) is 11.1 Å². The highest BCUT2D eigenvalue weighted by Gasteiger charge is 2.33. The maximum Gasteiger partial charge on any atom is 0.414 e. The van der Waals surface area contributed by atoms with Gasteiger partial charge in [0.05, 0.1) is 41.6 Å². The van der Waals surface area contributed by atoms with Crippen LogP contribution in [0.25, 0.3) is 11.1 Å². The number of amides is 2. The molecule has 192 valence electrons. The first-order valence-electron chi connectivity index (χ1n) is 11.8. The van der Waals surface area contributed by atoms with E-state index in [0.717, 1.165) is 17.5 Å². The zero-order valence-corrected chi connectivity index (χ0v) is 20.0. The number of nitro benzene ring substituents is 1. The molecule has 2 aromatic carbocycles. The smallest absolute Gasteiger partial charge is 0.414 e. The third kappa shape index (κ3) is 5.08. The molecule has 12 heteroatoms. The van der Waals surface area contributed by atoms with Crippen molar-refractivity contribution < 1.29 is 23.6 Å². The Kier molecular flexibility index (Phi) is 6.47. The van der Waals surface area contributed by atoms with Crippen LogP contribution in [0.15, 0.2) is 54.9 Å². The van der Waals surface area contributed by atoms with Gasteiger partial charge in [0.25, 0.3) is 5.69 Å². The van der Waals surface area contributed by atoms with Crippen LogP contribution in [0.5, 0.6) is 0 Å². The fraction of sp³-hybridized carbons (Fsp3) is 0.320. The molecular weight excluding hydrogens is 483 g/mol. The van der Waals surface area contributed by atoms with Gasteiger partial charge in [0.15, 0.2) is 0 Å². The molecule has 11 nitrogen and oxygen atoms in total. The van der Waals surface area contributed by atoms with Crippen molar-refractivity contribution in [1.29, 1.82) is 0 Å². The van der Waals surface area contributed by atoms with Crippen LogP contribution in [0.1, 0.15) is 19.4 Å². The zero-order valence-electron chi connectivity index (χ0n) is 20.0. The Morgan fingerprint density at radius 3 is 2.70 bits per heavy atom. The van der Waals surface area contributed by atoms with Crippen LogP contribution in [0.3, 0.4) is 0 Å². The maximum absolute atomic E-state index is 15.1. The Balaban J connectivity index is 1.24. The molecule has 0 saturated carbocycles. The van der Waals surface area contributed by atoms with Crippen LogP contribution in [0.2, 0.25) is 0 Å². The molecule has 2 aliphatic heterocycles. The van der Waals surface area contributed by atoms with E-state index in [1.807, 2.05) is 15.8 Å². The summed E-state index contributed by atoms with van der Waals surface area (Å²) in [7, 11) is 0. The Morgan fingerprint density at radius 1 is 1.22 bits per heavy atom. The molecule has 3 heterocycles. The minimum atomic E-state index is -0.578. The number of nitrogens with one attached hydrogen (secondary N) is 1. The van der Waals surface area contributed by atoms with Crippen LogP contribution in [-0.2, 0) is 9.53 Å². The van der Waals surface area contributed by atoms with Gasteiger partial charge in [0, 0.05) is 43.9 Å². The Bertz CT molecular complexity index is 1340. The van der Waals surface area contributed by atoms with E-state index in [-0.39, 0.29) is 30.7 Å². The van der Waals surface area contributed by atoms with Gasteiger partial charge in [-0.15, -0.1) is 0 Å². The van der Waals surface area contributed by atoms with Gasteiger partial charge in [-0.3, -0.25) is 24.5 Å². The van der Waals surface area contributed by atoms with E-state index in [0.29, 0.717) is 24.5 Å². The summed E-state index contributed by atoms with van der Waals surface area (Å²) in [5.74, 6) is -0.658. The molecule has 2 aliphatic rings. The van der Waals surface area contributed by atoms with E-state index >= 15 is 4.39 Å². The number of rotatable bonds is 7. The lowest BCUT2D eigenvalue weighted by atomic mass is 10.1. The summed E-state index contributed by atoms with van der Waals surface area (Å²) in [6.07, 6.45) is 3.31. The number of cyclic esters (lactones) is 1. The lowest BCUT2D eigenvalue weighted by Crippen LogP contribution is -2.33. The number of nitro groups is 1. The lowest BCUT2D eigenvalue weighted by Gasteiger charge is -2.21. The number of halogens is 1. The predicted octanol–water partition coefficient (Wildman–Crippen LogP) is 3.51. The van der Waals surface area contributed by atoms with Crippen LogP contribution < -0.4 is 15.1 Å². The number of non-ortho nitro benzene ring substituents is 1. The number of carbonyl (C=O) groups is 2. The molecule has 5 rings (SSSR count). The molecule has 0 unspecified atom stereocenters. The van der Waals surface area contributed by atoms with Gasteiger partial charge >= 0.3 is 6.09 Å². The topological polar surface area (TPSA) is 123 Å². The van der Waals surface area contributed by atoms with E-state index in [1.165, 1.54) is 30.0 Å². The SMILES string of the molecule is CC(=O)NC[C@H]1CN(c2ccc(N3CC[C@@H](n4cc(-c5ccc([N+](=O)[O-])cc5)cn4)C3)c(F)c2)C(=O)O1. The fourth-order valence-corrected chi connectivity index (χ4v) is 4.66. The van der Waals surface area contributed by atoms with E-state index < -0.39 is 22.9 Å². The molecule has 2 amide bonds. The van der Waals surface area contributed by atoms with Gasteiger partial charge in [0.2, 0.25) is 5.91 Å². The minimum Gasteiger partial charge on any atom is -0.442 e. The van der Waals surface area contributed by atoms with Gasteiger partial charge in [-0.2, -0.15) is 5.10 Å². The monoisotopic (exact) mass is 508 g/mol. The Morgan fingerprint density at radius 2 is 2.00 bits per heavy atom. The molecule has 37 heavy (non-hydrogen) atoms. The number of nitrogens with zero attached hydrogens (tertiary/aromatic N) is 5. The zero-order chi connectivity index (χ0) is 26.1. The summed E-state index contributed by atoms with van der Waals surface area (Å²) in [5, 5.41) is 18.0. The Hall–Kier alpha value is -4.48. The molecule has 1 N–H and O–H groups in total. The molecule has 1 aromatic heterocycles. The third-order valence-electron chi connectivity index (χ3n) is 6.59. The standard InChI is InChI=1S/C25H25FN6O5/c1-16(33)27-12-22-15-30(25(34)37-22)20-6-7-24(23(26)10-20)29-9-8-21(14-29)31-13-18(11-28-31)17-2-4-19(5-3-17)32(35)36/h2-7,10-11,13,21-22H,8-9,12,14-15H2,1H3,(H,27,33)/t21-,22+/m1/s1. The van der Waals surface area contributed by atoms with Gasteiger partial charge in [-0.25, -0.2) is 9.18 Å². The summed E-state index contributed by atoms with van der Waals surface area (Å²) in [6, 6.07) is 11.0. The van der Waals surface area contributed by atoms with E-state index in [4.69, 9.17) is 4.74 Å². The average molecular weight is 509 g/mol. The fourth-order valence-electron chi connectivity index (χ4n) is 4.66. The van der Waals surface area contributed by atoms with Gasteiger partial charge in [-0.1, -0.05) is 0 Å². The normalized spacial score (nSPS) is 19.2. The maximum atomic E-state index is 15.1. The van der Waals surface area contributed by atoms with Crippen molar-refractivity contribution in [1.82, 2.24) is 15.1 Å². The Labute approximate surface area is 211 Å². The van der Waals surface area contributed by atoms with Crippen LogP contribution in [-0.4, -0.2) is 59.0 Å². The second-order valence-electron chi connectivity index (χ2n) is 9.09. The van der Waals surface area contributed by atoms with E-state index in [1.54, 1.807) is 30.5 Å². The highest BCUT2D eigenvalue weighted by atomic mass is 19.1. The van der Waals surface area contributed by atoms with Crippen molar-refractivity contribution in [3.05, 3.63) is 70.8 Å². The molecule has 0 radical (unpaired) electrons. The lowest BCUT2D eigenvalue weighted by molar-refractivity contribution is -0.384. The van der Waals surface area contributed by atoms with Crippen molar-refractivity contribution >= 4 is 29.1 Å². The molecule has 2 saturated heterocycles. The highest BCUT2D eigenvalue weighted by Crippen LogP contribution is 2.33. The summed E-state index contributed by atoms with van der Waals surface area (Å²) in [4.78, 5) is 37.1. The average Bonchev–Trinajstić information content (AvgIpc) is 3.62. The van der Waals surface area contributed by atoms with Crippen molar-refractivity contribution in [2.24, 2.45) is 0 Å². The number of hydrogen-bond donors (Lipinski definition) is 1. The first-order valence-corrected chi connectivity index (χ1v) is 11.8. The first kappa shape index (κ1) is 24.2. The predicted molar refractivity (Wildman–Crippen MR) is 133 cm³/mol. The molecule has 3 aromatic rings. The highest BCUT2D eigenvalue weighted by molar-refractivity contribution is 5.90.